The van der Waals surface area contributed by atoms with Crippen LogP contribution in [0.25, 0.3) is 0 Å². The first-order valence-corrected chi connectivity index (χ1v) is 17.4. The molecule has 0 spiro atoms. The molecule has 4 nitrogen and oxygen atoms in total. The molecule has 0 saturated carbocycles. The number of esters is 1. The highest BCUT2D eigenvalue weighted by Crippen LogP contribution is 2.34. The van der Waals surface area contributed by atoms with Crippen LogP contribution in [-0.4, -0.2) is 34.6 Å². The molecule has 1 N–H and O–H groups in total. The predicted octanol–water partition coefficient (Wildman–Crippen LogP) is 5.22. The Hall–Kier alpha value is -2.40. The van der Waals surface area contributed by atoms with E-state index in [9.17, 15) is 22.8 Å². The maximum absolute atomic E-state index is 13.5. The van der Waals surface area contributed by atoms with Crippen molar-refractivity contribution in [3.05, 3.63) is 53.1 Å². The molecule has 2 aromatic carbocycles. The second kappa shape index (κ2) is 9.23. The standard InChI is InChI=1S/C23H30F3NO3Si2/c1-8-30-22(29)19-10-9-16(13-20(19)23(24,25)26)27-21(28)15-11-17(31(2,3)4)14-18(12-15)32(5,6)7/h9-14H,8H2,1-7H3,(H,27,28). The first-order valence-electron chi connectivity index (χ1n) is 10.4. The van der Waals surface area contributed by atoms with Crippen LogP contribution in [0.3, 0.4) is 0 Å². The van der Waals surface area contributed by atoms with Crippen molar-refractivity contribution < 1.29 is 27.5 Å². The zero-order valence-corrected chi connectivity index (χ0v) is 21.5. The molecule has 0 radical (unpaired) electrons. The molecule has 32 heavy (non-hydrogen) atoms. The van der Waals surface area contributed by atoms with E-state index in [1.165, 1.54) is 13.0 Å². The lowest BCUT2D eigenvalue weighted by molar-refractivity contribution is -0.138. The maximum Gasteiger partial charge on any atom is 0.417 e. The lowest BCUT2D eigenvalue weighted by Crippen LogP contribution is -2.46. The average Bonchev–Trinajstić information content (AvgIpc) is 2.65. The Morgan fingerprint density at radius 3 is 1.88 bits per heavy atom. The predicted molar refractivity (Wildman–Crippen MR) is 128 cm³/mol. The van der Waals surface area contributed by atoms with Gasteiger partial charge in [-0.2, -0.15) is 13.2 Å². The van der Waals surface area contributed by atoms with Gasteiger partial charge in [0.25, 0.3) is 5.91 Å². The quantitative estimate of drug-likeness (QED) is 0.454. The molecule has 0 bridgehead atoms. The zero-order chi connectivity index (χ0) is 24.5. The van der Waals surface area contributed by atoms with Gasteiger partial charge >= 0.3 is 12.1 Å². The molecule has 9 heteroatoms. The van der Waals surface area contributed by atoms with E-state index in [1.807, 2.05) is 12.1 Å². The minimum Gasteiger partial charge on any atom is -0.462 e. The first kappa shape index (κ1) is 25.9. The largest absolute Gasteiger partial charge is 0.462 e. The van der Waals surface area contributed by atoms with E-state index < -0.39 is 45.3 Å². The van der Waals surface area contributed by atoms with Gasteiger partial charge in [0.2, 0.25) is 0 Å². The van der Waals surface area contributed by atoms with Crippen molar-refractivity contribution in [3.8, 4) is 0 Å². The monoisotopic (exact) mass is 481 g/mol. The highest BCUT2D eigenvalue weighted by molar-refractivity contribution is 6.91. The summed E-state index contributed by atoms with van der Waals surface area (Å²) in [6.45, 7) is 14.6. The molecule has 0 aliphatic heterocycles. The molecular weight excluding hydrogens is 451 g/mol. The van der Waals surface area contributed by atoms with Crippen molar-refractivity contribution in [2.24, 2.45) is 0 Å². The number of anilines is 1. The Kier molecular flexibility index (Phi) is 7.46. The molecule has 2 rings (SSSR count). The lowest BCUT2D eigenvalue weighted by atomic mass is 10.1. The van der Waals surface area contributed by atoms with Crippen molar-refractivity contribution in [1.29, 1.82) is 0 Å². The molecule has 1 amide bonds. The second-order valence-corrected chi connectivity index (χ2v) is 19.9. The first-order chi connectivity index (χ1) is 14.5. The van der Waals surface area contributed by atoms with E-state index in [0.717, 1.165) is 22.5 Å². The van der Waals surface area contributed by atoms with E-state index in [-0.39, 0.29) is 12.3 Å². The van der Waals surface area contributed by atoms with Gasteiger partial charge in [-0.25, -0.2) is 4.79 Å². The third-order valence-electron chi connectivity index (χ3n) is 5.01. The Morgan fingerprint density at radius 1 is 0.906 bits per heavy atom. The molecule has 174 valence electrons. The lowest BCUT2D eigenvalue weighted by Gasteiger charge is -2.24. The number of alkyl halides is 3. The van der Waals surface area contributed by atoms with Crippen molar-refractivity contribution >= 4 is 44.1 Å². The summed E-state index contributed by atoms with van der Waals surface area (Å²) in [6, 6.07) is 8.92. The van der Waals surface area contributed by atoms with Crippen LogP contribution < -0.4 is 15.7 Å². The number of nitrogens with one attached hydrogen (secondary N) is 1. The van der Waals surface area contributed by atoms with Crippen LogP contribution in [0.2, 0.25) is 39.3 Å². The third kappa shape index (κ3) is 6.32. The zero-order valence-electron chi connectivity index (χ0n) is 19.5. The molecule has 0 aliphatic carbocycles. The van der Waals surface area contributed by atoms with Crippen molar-refractivity contribution in [1.82, 2.24) is 0 Å². The fourth-order valence-electron chi connectivity index (χ4n) is 3.07. The van der Waals surface area contributed by atoms with Crippen LogP contribution in [0.4, 0.5) is 18.9 Å². The summed E-state index contributed by atoms with van der Waals surface area (Å²) < 4.78 is 45.4. The third-order valence-corrected chi connectivity index (χ3v) is 9.05. The van der Waals surface area contributed by atoms with Crippen LogP contribution >= 0.6 is 0 Å². The van der Waals surface area contributed by atoms with Crippen LogP contribution in [0.5, 0.6) is 0 Å². The van der Waals surface area contributed by atoms with Crippen LogP contribution in [0, 0.1) is 0 Å². The van der Waals surface area contributed by atoms with Crippen molar-refractivity contribution in [3.63, 3.8) is 0 Å². The molecule has 2 aromatic rings. The summed E-state index contributed by atoms with van der Waals surface area (Å²) in [6.07, 6.45) is -4.77. The summed E-state index contributed by atoms with van der Waals surface area (Å²) in [7, 11) is -3.47. The average molecular weight is 482 g/mol. The fraction of sp³-hybridized carbons (Fsp3) is 0.391. The molecule has 0 atom stereocenters. The van der Waals surface area contributed by atoms with Gasteiger partial charge in [-0.3, -0.25) is 4.79 Å². The number of hydrogen-bond acceptors (Lipinski definition) is 3. The number of rotatable bonds is 6. The number of halogens is 3. The normalized spacial score (nSPS) is 12.4. The van der Waals surface area contributed by atoms with Gasteiger partial charge in [-0.05, 0) is 25.1 Å². The molecule has 0 fully saturated rings. The molecular formula is C23H30F3NO3Si2. The van der Waals surface area contributed by atoms with Crippen molar-refractivity contribution in [2.45, 2.75) is 52.4 Å². The molecule has 0 aliphatic rings. The van der Waals surface area contributed by atoms with E-state index in [2.05, 4.69) is 50.7 Å². The van der Waals surface area contributed by atoms with Gasteiger partial charge < -0.3 is 10.1 Å². The van der Waals surface area contributed by atoms with Crippen LogP contribution in [0.1, 0.15) is 33.2 Å². The maximum atomic E-state index is 13.5. The van der Waals surface area contributed by atoms with E-state index in [4.69, 9.17) is 4.74 Å². The van der Waals surface area contributed by atoms with Gasteiger partial charge in [0.1, 0.15) is 0 Å². The smallest absolute Gasteiger partial charge is 0.417 e. The summed E-state index contributed by atoms with van der Waals surface area (Å²) in [4.78, 5) is 24.9. The van der Waals surface area contributed by atoms with Gasteiger partial charge in [-0.15, -0.1) is 0 Å². The molecule has 0 saturated heterocycles. The van der Waals surface area contributed by atoms with Crippen LogP contribution in [-0.2, 0) is 10.9 Å². The summed E-state index contributed by atoms with van der Waals surface area (Å²) in [5.74, 6) is -1.54. The number of carbonyl (C=O) groups excluding carboxylic acids is 2. The number of hydrogen-bond donors (Lipinski definition) is 1. The van der Waals surface area contributed by atoms with Crippen LogP contribution in [0.15, 0.2) is 36.4 Å². The molecule has 0 aromatic heterocycles. The fourth-order valence-corrected chi connectivity index (χ4v) is 5.57. The number of benzene rings is 2. The molecule has 0 heterocycles. The minimum atomic E-state index is -4.77. The Morgan fingerprint density at radius 2 is 1.44 bits per heavy atom. The van der Waals surface area contributed by atoms with Gasteiger partial charge in [-0.1, -0.05) is 67.9 Å². The number of amides is 1. The van der Waals surface area contributed by atoms with E-state index >= 15 is 0 Å². The highest BCUT2D eigenvalue weighted by Gasteiger charge is 2.36. The van der Waals surface area contributed by atoms with E-state index in [1.54, 1.807) is 0 Å². The van der Waals surface area contributed by atoms with E-state index in [0.29, 0.717) is 5.56 Å². The Bertz CT molecular complexity index is 990. The topological polar surface area (TPSA) is 55.4 Å². The van der Waals surface area contributed by atoms with Crippen molar-refractivity contribution in [2.75, 3.05) is 11.9 Å². The summed E-state index contributed by atoms with van der Waals surface area (Å²) in [5, 5.41) is 4.81. The highest BCUT2D eigenvalue weighted by atomic mass is 28.3. The summed E-state index contributed by atoms with van der Waals surface area (Å²) >= 11 is 0. The SMILES string of the molecule is CCOC(=O)c1ccc(NC(=O)c2cc([Si](C)(C)C)cc([Si](C)(C)C)c2)cc1C(F)(F)F. The van der Waals surface area contributed by atoms with Gasteiger partial charge in [0.05, 0.1) is 33.9 Å². The number of ether oxygens (including phenoxy) is 1. The van der Waals surface area contributed by atoms with Gasteiger partial charge in [0, 0.05) is 11.3 Å². The second-order valence-electron chi connectivity index (χ2n) is 9.73. The Labute approximate surface area is 189 Å². The minimum absolute atomic E-state index is 0.0386. The van der Waals surface area contributed by atoms with Gasteiger partial charge in [0.15, 0.2) is 0 Å². The Balaban J connectivity index is 2.48. The number of carbonyl (C=O) groups is 2. The molecule has 0 unspecified atom stereocenters. The summed E-state index contributed by atoms with van der Waals surface area (Å²) in [5.41, 5.74) is -1.35.